The van der Waals surface area contributed by atoms with Crippen LogP contribution < -0.4 is 5.73 Å². The highest BCUT2D eigenvalue weighted by atomic mass is 79.9. The van der Waals surface area contributed by atoms with E-state index in [2.05, 4.69) is 15.9 Å². The molecule has 2 N–H and O–H groups in total. The topological polar surface area (TPSA) is 35.2 Å². The Morgan fingerprint density at radius 1 is 1.15 bits per heavy atom. The van der Waals surface area contributed by atoms with Gasteiger partial charge in [-0.2, -0.15) is 0 Å². The normalized spacial score (nSPS) is 10.5. The van der Waals surface area contributed by atoms with E-state index in [0.717, 1.165) is 15.6 Å². The van der Waals surface area contributed by atoms with E-state index in [1.807, 2.05) is 24.3 Å². The van der Waals surface area contributed by atoms with Crippen LogP contribution in [-0.2, 0) is 18.0 Å². The quantitative estimate of drug-likeness (QED) is 0.826. The van der Waals surface area contributed by atoms with Gasteiger partial charge in [0.15, 0.2) is 0 Å². The van der Waals surface area contributed by atoms with Crippen LogP contribution in [0.3, 0.4) is 0 Å². The predicted molar refractivity (Wildman–Crippen MR) is 84.9 cm³/mol. The molecular formula is C15H13BrFNOS. The fourth-order valence-corrected chi connectivity index (χ4v) is 2.37. The number of nitrogens with two attached hydrogens (primary N) is 1. The smallest absolute Gasteiger partial charge is 0.133 e. The molecule has 104 valence electrons. The van der Waals surface area contributed by atoms with Crippen molar-refractivity contribution in [3.63, 3.8) is 0 Å². The molecule has 0 atom stereocenters. The summed E-state index contributed by atoms with van der Waals surface area (Å²) in [5, 5.41) is 0. The molecule has 5 heteroatoms. The summed E-state index contributed by atoms with van der Waals surface area (Å²) in [6.07, 6.45) is 0. The fourth-order valence-electron chi connectivity index (χ4n) is 1.76. The van der Waals surface area contributed by atoms with Gasteiger partial charge < -0.3 is 10.5 Å². The zero-order valence-corrected chi connectivity index (χ0v) is 13.0. The molecule has 0 aliphatic rings. The number of rotatable bonds is 5. The predicted octanol–water partition coefficient (Wildman–Crippen LogP) is 3.94. The van der Waals surface area contributed by atoms with Crippen molar-refractivity contribution in [1.29, 1.82) is 0 Å². The number of hydrogen-bond acceptors (Lipinski definition) is 2. The van der Waals surface area contributed by atoms with E-state index in [9.17, 15) is 4.39 Å². The molecule has 0 aliphatic carbocycles. The largest absolute Gasteiger partial charge is 0.389 e. The molecular weight excluding hydrogens is 341 g/mol. The van der Waals surface area contributed by atoms with Crippen LogP contribution >= 0.6 is 28.1 Å². The molecule has 0 radical (unpaired) electrons. The summed E-state index contributed by atoms with van der Waals surface area (Å²) in [7, 11) is 0. The van der Waals surface area contributed by atoms with Crippen LogP contribution in [0.4, 0.5) is 4.39 Å². The van der Waals surface area contributed by atoms with Gasteiger partial charge in [0.05, 0.1) is 13.2 Å². The molecule has 0 saturated heterocycles. The second-order valence-corrected chi connectivity index (χ2v) is 5.66. The molecule has 0 amide bonds. The maximum atomic E-state index is 13.4. The maximum Gasteiger partial charge on any atom is 0.133 e. The summed E-state index contributed by atoms with van der Waals surface area (Å²) >= 11 is 8.21. The molecule has 0 saturated carbocycles. The van der Waals surface area contributed by atoms with Gasteiger partial charge >= 0.3 is 0 Å². The lowest BCUT2D eigenvalue weighted by atomic mass is 10.1. The first kappa shape index (κ1) is 15.1. The van der Waals surface area contributed by atoms with Crippen LogP contribution in [0.15, 0.2) is 46.9 Å². The van der Waals surface area contributed by atoms with E-state index >= 15 is 0 Å². The van der Waals surface area contributed by atoms with Crippen molar-refractivity contribution in [2.75, 3.05) is 0 Å². The van der Waals surface area contributed by atoms with Gasteiger partial charge in [-0.1, -0.05) is 46.3 Å². The Labute approximate surface area is 130 Å². The SMILES string of the molecule is NC(=S)c1cc(COCc2cccc(Br)c2)ccc1F. The van der Waals surface area contributed by atoms with Crippen molar-refractivity contribution < 1.29 is 9.13 Å². The standard InChI is InChI=1S/C15H13BrFNOS/c16-12-3-1-2-10(6-12)8-19-9-11-4-5-14(17)13(7-11)15(18)20/h1-7H,8-9H2,(H2,18,20). The van der Waals surface area contributed by atoms with Crippen molar-refractivity contribution in [2.45, 2.75) is 13.2 Å². The van der Waals surface area contributed by atoms with E-state index in [-0.39, 0.29) is 10.6 Å². The van der Waals surface area contributed by atoms with Crippen molar-refractivity contribution in [3.05, 3.63) is 69.4 Å². The van der Waals surface area contributed by atoms with Gasteiger partial charge in [0.1, 0.15) is 10.8 Å². The first-order chi connectivity index (χ1) is 9.56. The Kier molecular flexibility index (Phi) is 5.23. The highest BCUT2D eigenvalue weighted by molar-refractivity contribution is 9.10. The monoisotopic (exact) mass is 353 g/mol. The zero-order valence-electron chi connectivity index (χ0n) is 10.6. The Bertz CT molecular complexity index is 633. The molecule has 2 nitrogen and oxygen atoms in total. The first-order valence-corrected chi connectivity index (χ1v) is 7.17. The third kappa shape index (κ3) is 4.10. The molecule has 0 aromatic heterocycles. The van der Waals surface area contributed by atoms with E-state index in [1.54, 1.807) is 12.1 Å². The summed E-state index contributed by atoms with van der Waals surface area (Å²) in [5.74, 6) is -0.409. The van der Waals surface area contributed by atoms with Crippen LogP contribution in [0.2, 0.25) is 0 Å². The van der Waals surface area contributed by atoms with Gasteiger partial charge in [-0.15, -0.1) is 0 Å². The molecule has 0 aliphatic heterocycles. The van der Waals surface area contributed by atoms with E-state index in [1.165, 1.54) is 6.07 Å². The lowest BCUT2D eigenvalue weighted by molar-refractivity contribution is 0.107. The third-order valence-corrected chi connectivity index (χ3v) is 3.44. The summed E-state index contributed by atoms with van der Waals surface area (Å²) in [6, 6.07) is 12.5. The second kappa shape index (κ2) is 6.92. The molecule has 20 heavy (non-hydrogen) atoms. The molecule has 0 spiro atoms. The molecule has 0 heterocycles. The van der Waals surface area contributed by atoms with Crippen molar-refractivity contribution in [1.82, 2.24) is 0 Å². The lowest BCUT2D eigenvalue weighted by Crippen LogP contribution is -2.12. The minimum atomic E-state index is -0.409. The van der Waals surface area contributed by atoms with Gasteiger partial charge in [0.2, 0.25) is 0 Å². The summed E-state index contributed by atoms with van der Waals surface area (Å²) < 4.78 is 20.1. The third-order valence-electron chi connectivity index (χ3n) is 2.72. The van der Waals surface area contributed by atoms with Crippen LogP contribution in [0.25, 0.3) is 0 Å². The van der Waals surface area contributed by atoms with E-state index in [0.29, 0.717) is 13.2 Å². The zero-order chi connectivity index (χ0) is 14.5. The number of thiocarbonyl (C=S) groups is 1. The summed E-state index contributed by atoms with van der Waals surface area (Å²) in [5.41, 5.74) is 7.62. The molecule has 0 unspecified atom stereocenters. The lowest BCUT2D eigenvalue weighted by Gasteiger charge is -2.07. The highest BCUT2D eigenvalue weighted by Gasteiger charge is 2.06. The van der Waals surface area contributed by atoms with Crippen molar-refractivity contribution in [2.24, 2.45) is 5.73 Å². The number of ether oxygens (including phenoxy) is 1. The molecule has 2 rings (SSSR count). The summed E-state index contributed by atoms with van der Waals surface area (Å²) in [4.78, 5) is 0.0522. The number of halogens is 2. The van der Waals surface area contributed by atoms with Gasteiger partial charge in [-0.25, -0.2) is 4.39 Å². The second-order valence-electron chi connectivity index (χ2n) is 4.30. The summed E-state index contributed by atoms with van der Waals surface area (Å²) in [6.45, 7) is 0.863. The fraction of sp³-hybridized carbons (Fsp3) is 0.133. The van der Waals surface area contributed by atoms with Crippen LogP contribution in [0.5, 0.6) is 0 Å². The highest BCUT2D eigenvalue weighted by Crippen LogP contribution is 2.15. The van der Waals surface area contributed by atoms with E-state index in [4.69, 9.17) is 22.7 Å². The maximum absolute atomic E-state index is 13.4. The number of hydrogen-bond donors (Lipinski definition) is 1. The van der Waals surface area contributed by atoms with Crippen molar-refractivity contribution >= 4 is 33.1 Å². The van der Waals surface area contributed by atoms with E-state index < -0.39 is 5.82 Å². The van der Waals surface area contributed by atoms with Gasteiger partial charge in [-0.3, -0.25) is 0 Å². The van der Waals surface area contributed by atoms with Crippen LogP contribution in [0, 0.1) is 5.82 Å². The Morgan fingerprint density at radius 3 is 2.50 bits per heavy atom. The number of benzene rings is 2. The molecule has 0 fully saturated rings. The Hall–Kier alpha value is -1.30. The Morgan fingerprint density at radius 2 is 1.85 bits per heavy atom. The van der Waals surface area contributed by atoms with Gasteiger partial charge in [0, 0.05) is 10.0 Å². The molecule has 2 aromatic carbocycles. The first-order valence-electron chi connectivity index (χ1n) is 5.96. The average molecular weight is 354 g/mol. The van der Waals surface area contributed by atoms with Crippen LogP contribution in [-0.4, -0.2) is 4.99 Å². The molecule has 0 bridgehead atoms. The minimum Gasteiger partial charge on any atom is -0.389 e. The van der Waals surface area contributed by atoms with Gasteiger partial charge in [0.25, 0.3) is 0 Å². The van der Waals surface area contributed by atoms with Crippen LogP contribution in [0.1, 0.15) is 16.7 Å². The average Bonchev–Trinajstić information content (AvgIpc) is 2.40. The Balaban J connectivity index is 1.97. The van der Waals surface area contributed by atoms with Gasteiger partial charge in [-0.05, 0) is 35.4 Å². The van der Waals surface area contributed by atoms with Crippen molar-refractivity contribution in [3.8, 4) is 0 Å². The molecule has 2 aromatic rings. The minimum absolute atomic E-state index is 0.0522.